The van der Waals surface area contributed by atoms with Gasteiger partial charge in [0.15, 0.2) is 11.0 Å². The van der Waals surface area contributed by atoms with E-state index in [1.165, 1.54) is 17.3 Å². The minimum atomic E-state index is -0.505. The lowest BCUT2D eigenvalue weighted by molar-refractivity contribution is -0.113. The molecular formula is C19H19N5O2S. The number of amides is 2. The molecule has 3 N–H and O–H groups in total. The Morgan fingerprint density at radius 2 is 1.74 bits per heavy atom. The molecule has 0 spiro atoms. The summed E-state index contributed by atoms with van der Waals surface area (Å²) in [5, 5.41) is 11.8. The van der Waals surface area contributed by atoms with Gasteiger partial charge in [0.2, 0.25) is 11.8 Å². The number of hydrogen-bond acceptors (Lipinski definition) is 5. The fourth-order valence-electron chi connectivity index (χ4n) is 2.44. The average molecular weight is 381 g/mol. The summed E-state index contributed by atoms with van der Waals surface area (Å²) < 4.78 is 1.87. The van der Waals surface area contributed by atoms with Crippen molar-refractivity contribution in [1.82, 2.24) is 14.8 Å². The molecule has 3 rings (SSSR count). The maximum Gasteiger partial charge on any atom is 0.248 e. The number of thioether (sulfide) groups is 1. The Morgan fingerprint density at radius 3 is 2.37 bits per heavy atom. The SMILES string of the molecule is Cc1ccc(-c2nnc(SCC(=O)Nc3ccc(C(N)=O)cc3)n2C)cc1. The molecule has 0 aliphatic carbocycles. The van der Waals surface area contributed by atoms with Crippen molar-refractivity contribution in [2.24, 2.45) is 12.8 Å². The van der Waals surface area contributed by atoms with Crippen molar-refractivity contribution in [1.29, 1.82) is 0 Å². The third kappa shape index (κ3) is 4.53. The molecule has 7 nitrogen and oxygen atoms in total. The van der Waals surface area contributed by atoms with Crippen molar-refractivity contribution in [3.63, 3.8) is 0 Å². The first kappa shape index (κ1) is 18.7. The van der Waals surface area contributed by atoms with Gasteiger partial charge in [-0.3, -0.25) is 9.59 Å². The zero-order chi connectivity index (χ0) is 19.4. The normalized spacial score (nSPS) is 10.6. The van der Waals surface area contributed by atoms with Gasteiger partial charge in [-0.05, 0) is 31.2 Å². The first-order valence-electron chi connectivity index (χ1n) is 8.23. The van der Waals surface area contributed by atoms with Crippen LogP contribution in [-0.2, 0) is 11.8 Å². The number of primary amides is 1. The van der Waals surface area contributed by atoms with Crippen LogP contribution in [0.15, 0.2) is 53.7 Å². The van der Waals surface area contributed by atoms with Gasteiger partial charge < -0.3 is 15.6 Å². The lowest BCUT2D eigenvalue weighted by Crippen LogP contribution is -2.15. The molecule has 0 radical (unpaired) electrons. The van der Waals surface area contributed by atoms with Gasteiger partial charge in [-0.2, -0.15) is 0 Å². The molecule has 2 aromatic carbocycles. The quantitative estimate of drug-likeness (QED) is 0.639. The van der Waals surface area contributed by atoms with Gasteiger partial charge in [-0.1, -0.05) is 41.6 Å². The Labute approximate surface area is 161 Å². The molecule has 0 unspecified atom stereocenters. The predicted octanol–water partition coefficient (Wildman–Crippen LogP) is 2.62. The maximum absolute atomic E-state index is 12.1. The molecule has 27 heavy (non-hydrogen) atoms. The van der Waals surface area contributed by atoms with Crippen LogP contribution < -0.4 is 11.1 Å². The molecule has 0 bridgehead atoms. The van der Waals surface area contributed by atoms with Crippen molar-refractivity contribution in [3.8, 4) is 11.4 Å². The number of nitrogens with two attached hydrogens (primary N) is 1. The number of aromatic nitrogens is 3. The van der Waals surface area contributed by atoms with E-state index in [1.807, 2.05) is 42.8 Å². The first-order valence-corrected chi connectivity index (χ1v) is 9.21. The van der Waals surface area contributed by atoms with Crippen molar-refractivity contribution >= 4 is 29.3 Å². The number of anilines is 1. The summed E-state index contributed by atoms with van der Waals surface area (Å²) in [7, 11) is 1.87. The summed E-state index contributed by atoms with van der Waals surface area (Å²) in [5.41, 5.74) is 8.34. The first-order chi connectivity index (χ1) is 12.9. The molecule has 0 saturated carbocycles. The fourth-order valence-corrected chi connectivity index (χ4v) is 3.15. The van der Waals surface area contributed by atoms with Crippen LogP contribution in [0.3, 0.4) is 0 Å². The molecule has 2 amide bonds. The molecule has 8 heteroatoms. The summed E-state index contributed by atoms with van der Waals surface area (Å²) in [4.78, 5) is 23.2. The van der Waals surface area contributed by atoms with Gasteiger partial charge in [-0.25, -0.2) is 0 Å². The van der Waals surface area contributed by atoms with Crippen LogP contribution >= 0.6 is 11.8 Å². The Morgan fingerprint density at radius 1 is 1.07 bits per heavy atom. The van der Waals surface area contributed by atoms with Gasteiger partial charge >= 0.3 is 0 Å². The lowest BCUT2D eigenvalue weighted by atomic mass is 10.1. The second-order valence-corrected chi connectivity index (χ2v) is 6.95. The van der Waals surface area contributed by atoms with E-state index in [0.29, 0.717) is 16.4 Å². The second-order valence-electron chi connectivity index (χ2n) is 6.01. The van der Waals surface area contributed by atoms with Crippen LogP contribution in [0.1, 0.15) is 15.9 Å². The standard InChI is InChI=1S/C19H19N5O2S/c1-12-3-5-14(6-4-12)18-22-23-19(24(18)2)27-11-16(25)21-15-9-7-13(8-10-15)17(20)26/h3-10H,11H2,1-2H3,(H2,20,26)(H,21,25). The Bertz CT molecular complexity index is 965. The van der Waals surface area contributed by atoms with Crippen molar-refractivity contribution in [2.75, 3.05) is 11.1 Å². The van der Waals surface area contributed by atoms with Crippen LogP contribution in [0.5, 0.6) is 0 Å². The number of hydrogen-bond donors (Lipinski definition) is 2. The van der Waals surface area contributed by atoms with E-state index in [-0.39, 0.29) is 11.7 Å². The molecule has 1 heterocycles. The predicted molar refractivity (Wildman–Crippen MR) is 105 cm³/mol. The summed E-state index contributed by atoms with van der Waals surface area (Å²) >= 11 is 1.30. The summed E-state index contributed by atoms with van der Waals surface area (Å²) in [5.74, 6) is 0.263. The molecule has 0 aliphatic rings. The fraction of sp³-hybridized carbons (Fsp3) is 0.158. The van der Waals surface area contributed by atoms with E-state index in [4.69, 9.17) is 5.73 Å². The summed E-state index contributed by atoms with van der Waals surface area (Å²) in [6.45, 7) is 2.03. The van der Waals surface area contributed by atoms with Crippen LogP contribution in [0.25, 0.3) is 11.4 Å². The molecule has 3 aromatic rings. The molecule has 0 saturated heterocycles. The maximum atomic E-state index is 12.1. The molecule has 138 valence electrons. The van der Waals surface area contributed by atoms with Crippen molar-refractivity contribution < 1.29 is 9.59 Å². The number of nitrogens with one attached hydrogen (secondary N) is 1. The Kier molecular flexibility index (Phi) is 5.56. The summed E-state index contributed by atoms with van der Waals surface area (Å²) in [6.07, 6.45) is 0. The third-order valence-electron chi connectivity index (χ3n) is 3.93. The topological polar surface area (TPSA) is 103 Å². The zero-order valence-corrected chi connectivity index (χ0v) is 15.8. The monoisotopic (exact) mass is 381 g/mol. The number of benzene rings is 2. The van der Waals surface area contributed by atoms with E-state index < -0.39 is 5.91 Å². The number of rotatable bonds is 6. The zero-order valence-electron chi connectivity index (χ0n) is 15.0. The Hall–Kier alpha value is -3.13. The number of carbonyl (C=O) groups excluding carboxylic acids is 2. The largest absolute Gasteiger partial charge is 0.366 e. The number of aryl methyl sites for hydroxylation is 1. The highest BCUT2D eigenvalue weighted by molar-refractivity contribution is 7.99. The minimum absolute atomic E-state index is 0.174. The molecule has 0 fully saturated rings. The van der Waals surface area contributed by atoms with Crippen molar-refractivity contribution in [3.05, 3.63) is 59.7 Å². The average Bonchev–Trinajstić information content (AvgIpc) is 3.02. The minimum Gasteiger partial charge on any atom is -0.366 e. The number of nitrogens with zero attached hydrogens (tertiary/aromatic N) is 3. The summed E-state index contributed by atoms with van der Waals surface area (Å²) in [6, 6.07) is 14.5. The van der Waals surface area contributed by atoms with Crippen LogP contribution in [0.2, 0.25) is 0 Å². The van der Waals surface area contributed by atoms with E-state index >= 15 is 0 Å². The second kappa shape index (κ2) is 8.05. The van der Waals surface area contributed by atoms with Gasteiger partial charge in [0.05, 0.1) is 5.75 Å². The lowest BCUT2D eigenvalue weighted by Gasteiger charge is -2.06. The number of carbonyl (C=O) groups is 2. The van der Waals surface area contributed by atoms with Crippen LogP contribution in [0.4, 0.5) is 5.69 Å². The highest BCUT2D eigenvalue weighted by atomic mass is 32.2. The highest BCUT2D eigenvalue weighted by Crippen LogP contribution is 2.23. The van der Waals surface area contributed by atoms with E-state index in [0.717, 1.165) is 11.4 Å². The molecule has 0 atom stereocenters. The van der Waals surface area contributed by atoms with E-state index in [9.17, 15) is 9.59 Å². The smallest absolute Gasteiger partial charge is 0.248 e. The van der Waals surface area contributed by atoms with Gasteiger partial charge in [0.25, 0.3) is 0 Å². The van der Waals surface area contributed by atoms with Gasteiger partial charge in [0, 0.05) is 23.9 Å². The van der Waals surface area contributed by atoms with Gasteiger partial charge in [0.1, 0.15) is 0 Å². The molecule has 1 aromatic heterocycles. The van der Waals surface area contributed by atoms with Crippen molar-refractivity contribution in [2.45, 2.75) is 12.1 Å². The van der Waals surface area contributed by atoms with Crippen LogP contribution in [-0.4, -0.2) is 32.3 Å². The third-order valence-corrected chi connectivity index (χ3v) is 4.95. The van der Waals surface area contributed by atoms with Gasteiger partial charge in [-0.15, -0.1) is 10.2 Å². The van der Waals surface area contributed by atoms with E-state index in [1.54, 1.807) is 24.3 Å². The van der Waals surface area contributed by atoms with Crippen LogP contribution in [0, 0.1) is 6.92 Å². The Balaban J connectivity index is 1.60. The van der Waals surface area contributed by atoms with E-state index in [2.05, 4.69) is 15.5 Å². The molecular weight excluding hydrogens is 362 g/mol. The molecule has 0 aliphatic heterocycles. The highest BCUT2D eigenvalue weighted by Gasteiger charge is 2.13.